The zero-order valence-electron chi connectivity index (χ0n) is 11.1. The molecule has 1 aliphatic carbocycles. The van der Waals surface area contributed by atoms with Crippen LogP contribution in [0.15, 0.2) is 34.9 Å². The molecule has 0 fully saturated rings. The third-order valence-electron chi connectivity index (χ3n) is 3.31. The van der Waals surface area contributed by atoms with Crippen LogP contribution in [0.5, 0.6) is 0 Å². The summed E-state index contributed by atoms with van der Waals surface area (Å²) in [5.74, 6) is 0.178. The topological polar surface area (TPSA) is 17.1 Å². The van der Waals surface area contributed by atoms with Gasteiger partial charge in [0, 0.05) is 5.57 Å². The van der Waals surface area contributed by atoms with Crippen molar-refractivity contribution in [1.82, 2.24) is 0 Å². The van der Waals surface area contributed by atoms with Crippen molar-refractivity contribution >= 4 is 5.78 Å². The number of ketones is 1. The van der Waals surface area contributed by atoms with Crippen LogP contribution in [0.2, 0.25) is 0 Å². The van der Waals surface area contributed by atoms with Crippen molar-refractivity contribution < 1.29 is 4.79 Å². The SMILES string of the molecule is CCC=CC(=O)C1=C(C)C(C)=CCC1(C)C. The lowest BCUT2D eigenvalue weighted by Crippen LogP contribution is -2.24. The lowest BCUT2D eigenvalue weighted by Gasteiger charge is -2.31. The second-order valence-electron chi connectivity index (χ2n) is 5.15. The van der Waals surface area contributed by atoms with Crippen molar-refractivity contribution in [2.75, 3.05) is 0 Å². The zero-order chi connectivity index (χ0) is 12.3. The number of carbonyl (C=O) groups excluding carboxylic acids is 1. The van der Waals surface area contributed by atoms with E-state index in [2.05, 4.69) is 33.8 Å². The molecule has 0 unspecified atom stereocenters. The summed E-state index contributed by atoms with van der Waals surface area (Å²) in [5.41, 5.74) is 3.35. The van der Waals surface area contributed by atoms with Crippen LogP contribution < -0.4 is 0 Å². The fourth-order valence-electron chi connectivity index (χ4n) is 2.19. The van der Waals surface area contributed by atoms with Crippen LogP contribution >= 0.6 is 0 Å². The van der Waals surface area contributed by atoms with E-state index in [1.54, 1.807) is 6.08 Å². The minimum Gasteiger partial charge on any atom is -0.290 e. The van der Waals surface area contributed by atoms with Gasteiger partial charge in [-0.05, 0) is 43.8 Å². The van der Waals surface area contributed by atoms with E-state index in [1.807, 2.05) is 13.0 Å². The van der Waals surface area contributed by atoms with Crippen LogP contribution in [0, 0.1) is 5.41 Å². The third-order valence-corrected chi connectivity index (χ3v) is 3.31. The summed E-state index contributed by atoms with van der Waals surface area (Å²) < 4.78 is 0. The standard InChI is InChI=1S/C15H22O/c1-6-7-8-13(16)14-12(3)11(2)9-10-15(14,4)5/h7-9H,6,10H2,1-5H3. The molecule has 0 aliphatic heterocycles. The molecule has 1 rings (SSSR count). The number of carbonyl (C=O) groups is 1. The van der Waals surface area contributed by atoms with Gasteiger partial charge in [-0.15, -0.1) is 0 Å². The van der Waals surface area contributed by atoms with Crippen molar-refractivity contribution in [2.45, 2.75) is 47.5 Å². The molecule has 16 heavy (non-hydrogen) atoms. The highest BCUT2D eigenvalue weighted by atomic mass is 16.1. The molecule has 1 aliphatic rings. The quantitative estimate of drug-likeness (QED) is 0.648. The van der Waals surface area contributed by atoms with Crippen molar-refractivity contribution in [1.29, 1.82) is 0 Å². The monoisotopic (exact) mass is 218 g/mol. The zero-order valence-corrected chi connectivity index (χ0v) is 11.1. The van der Waals surface area contributed by atoms with Gasteiger partial charge in [-0.2, -0.15) is 0 Å². The van der Waals surface area contributed by atoms with Gasteiger partial charge in [-0.1, -0.05) is 38.5 Å². The summed E-state index contributed by atoms with van der Waals surface area (Å²) in [6.45, 7) is 10.5. The van der Waals surface area contributed by atoms with Gasteiger partial charge in [0.25, 0.3) is 0 Å². The fraction of sp³-hybridized carbons (Fsp3) is 0.533. The molecule has 0 aromatic carbocycles. The molecule has 0 spiro atoms. The normalized spacial score (nSPS) is 20.2. The fourth-order valence-corrected chi connectivity index (χ4v) is 2.19. The van der Waals surface area contributed by atoms with Gasteiger partial charge < -0.3 is 0 Å². The Kier molecular flexibility index (Phi) is 3.90. The van der Waals surface area contributed by atoms with Gasteiger partial charge in [0.1, 0.15) is 0 Å². The maximum absolute atomic E-state index is 12.2. The Labute approximate surface area is 98.9 Å². The number of allylic oxidation sites excluding steroid dienone is 6. The summed E-state index contributed by atoms with van der Waals surface area (Å²) in [5, 5.41) is 0. The molecule has 0 heterocycles. The van der Waals surface area contributed by atoms with Crippen molar-refractivity contribution in [3.63, 3.8) is 0 Å². The van der Waals surface area contributed by atoms with Gasteiger partial charge in [-0.25, -0.2) is 0 Å². The first-order valence-corrected chi connectivity index (χ1v) is 5.99. The minimum atomic E-state index is -0.0290. The summed E-state index contributed by atoms with van der Waals surface area (Å²) in [6.07, 6.45) is 7.76. The van der Waals surface area contributed by atoms with Gasteiger partial charge in [0.2, 0.25) is 0 Å². The van der Waals surface area contributed by atoms with Gasteiger partial charge in [-0.3, -0.25) is 4.79 Å². The van der Waals surface area contributed by atoms with E-state index in [0.29, 0.717) is 0 Å². The molecule has 0 aromatic heterocycles. The second kappa shape index (κ2) is 4.82. The molecule has 1 heteroatoms. The van der Waals surface area contributed by atoms with Crippen molar-refractivity contribution in [3.05, 3.63) is 34.9 Å². The van der Waals surface area contributed by atoms with E-state index >= 15 is 0 Å². The molecule has 0 bridgehead atoms. The first-order chi connectivity index (χ1) is 7.40. The van der Waals surface area contributed by atoms with E-state index < -0.39 is 0 Å². The average Bonchev–Trinajstić information content (AvgIpc) is 2.21. The number of rotatable bonds is 3. The summed E-state index contributed by atoms with van der Waals surface area (Å²) in [7, 11) is 0. The smallest absolute Gasteiger partial charge is 0.182 e. The van der Waals surface area contributed by atoms with E-state index in [-0.39, 0.29) is 11.2 Å². The third kappa shape index (κ3) is 2.52. The van der Waals surface area contributed by atoms with Crippen LogP contribution in [0.3, 0.4) is 0 Å². The van der Waals surface area contributed by atoms with Crippen LogP contribution in [-0.2, 0) is 4.79 Å². The largest absolute Gasteiger partial charge is 0.290 e. The lowest BCUT2D eigenvalue weighted by molar-refractivity contribution is -0.112. The average molecular weight is 218 g/mol. The predicted molar refractivity (Wildman–Crippen MR) is 69.3 cm³/mol. The van der Waals surface area contributed by atoms with E-state index in [0.717, 1.165) is 24.0 Å². The van der Waals surface area contributed by atoms with E-state index in [1.165, 1.54) is 5.57 Å². The maximum Gasteiger partial charge on any atom is 0.182 e. The van der Waals surface area contributed by atoms with E-state index in [9.17, 15) is 4.79 Å². The van der Waals surface area contributed by atoms with Crippen LogP contribution in [0.4, 0.5) is 0 Å². The van der Waals surface area contributed by atoms with Crippen molar-refractivity contribution in [2.24, 2.45) is 5.41 Å². The van der Waals surface area contributed by atoms with Crippen LogP contribution in [0.1, 0.15) is 47.5 Å². The highest BCUT2D eigenvalue weighted by Crippen LogP contribution is 2.39. The van der Waals surface area contributed by atoms with E-state index in [4.69, 9.17) is 0 Å². The molecule has 0 N–H and O–H groups in total. The Balaban J connectivity index is 3.15. The maximum atomic E-state index is 12.2. The van der Waals surface area contributed by atoms with Gasteiger partial charge in [0.05, 0.1) is 0 Å². The first kappa shape index (κ1) is 13.0. The predicted octanol–water partition coefficient (Wildman–Crippen LogP) is 4.21. The summed E-state index contributed by atoms with van der Waals surface area (Å²) >= 11 is 0. The number of hydrogen-bond acceptors (Lipinski definition) is 1. The Hall–Kier alpha value is -1.11. The molecule has 0 atom stereocenters. The number of hydrogen-bond donors (Lipinski definition) is 0. The molecular weight excluding hydrogens is 196 g/mol. The summed E-state index contributed by atoms with van der Waals surface area (Å²) in [4.78, 5) is 12.2. The summed E-state index contributed by atoms with van der Waals surface area (Å²) in [6, 6.07) is 0. The molecule has 0 radical (unpaired) electrons. The molecule has 1 nitrogen and oxygen atoms in total. The van der Waals surface area contributed by atoms with Crippen molar-refractivity contribution in [3.8, 4) is 0 Å². The van der Waals surface area contributed by atoms with Crippen LogP contribution in [-0.4, -0.2) is 5.78 Å². The van der Waals surface area contributed by atoms with Gasteiger partial charge >= 0.3 is 0 Å². The molecule has 88 valence electrons. The first-order valence-electron chi connectivity index (χ1n) is 5.99. The molecule has 0 saturated carbocycles. The Morgan fingerprint density at radius 1 is 1.44 bits per heavy atom. The molecule has 0 saturated heterocycles. The molecular formula is C15H22O. The van der Waals surface area contributed by atoms with Gasteiger partial charge in [0.15, 0.2) is 5.78 Å². The lowest BCUT2D eigenvalue weighted by atomic mass is 9.72. The minimum absolute atomic E-state index is 0.0290. The highest BCUT2D eigenvalue weighted by molar-refractivity contribution is 6.06. The highest BCUT2D eigenvalue weighted by Gasteiger charge is 2.31. The Morgan fingerprint density at radius 3 is 2.62 bits per heavy atom. The van der Waals surface area contributed by atoms with Crippen LogP contribution in [0.25, 0.3) is 0 Å². The Bertz CT molecular complexity index is 378. The molecule has 0 aromatic rings. The Morgan fingerprint density at radius 2 is 2.06 bits per heavy atom. The second-order valence-corrected chi connectivity index (χ2v) is 5.15. The molecule has 0 amide bonds.